The molecule has 6 rings (SSSR count). The Morgan fingerprint density at radius 2 is 1.74 bits per heavy atom. The number of likely N-dealkylation sites (tertiary alicyclic amines) is 1. The van der Waals surface area contributed by atoms with Gasteiger partial charge >= 0.3 is 0 Å². The third kappa shape index (κ3) is 4.33. The summed E-state index contributed by atoms with van der Waals surface area (Å²) in [4.78, 5) is 48.2. The molecule has 0 aliphatic carbocycles. The van der Waals surface area contributed by atoms with Crippen molar-refractivity contribution in [3.05, 3.63) is 90.1 Å². The van der Waals surface area contributed by atoms with Gasteiger partial charge in [-0.15, -0.1) is 0 Å². The van der Waals surface area contributed by atoms with Gasteiger partial charge in [0.1, 0.15) is 17.8 Å². The molecule has 8 heteroatoms. The van der Waals surface area contributed by atoms with Crippen molar-refractivity contribution in [1.82, 2.24) is 14.8 Å². The Labute approximate surface area is 244 Å². The van der Waals surface area contributed by atoms with Crippen molar-refractivity contribution >= 4 is 34.3 Å². The van der Waals surface area contributed by atoms with Crippen LogP contribution in [0.2, 0.25) is 0 Å². The lowest BCUT2D eigenvalue weighted by Crippen LogP contribution is -2.52. The summed E-state index contributed by atoms with van der Waals surface area (Å²) in [7, 11) is 1.65. The van der Waals surface area contributed by atoms with Crippen LogP contribution in [-0.2, 0) is 15.0 Å². The van der Waals surface area contributed by atoms with Crippen molar-refractivity contribution in [1.29, 1.82) is 5.26 Å². The maximum absolute atomic E-state index is 14.4. The molecule has 1 aromatic heterocycles. The highest BCUT2D eigenvalue weighted by Crippen LogP contribution is 2.46. The Morgan fingerprint density at radius 3 is 2.48 bits per heavy atom. The predicted molar refractivity (Wildman–Crippen MR) is 162 cm³/mol. The van der Waals surface area contributed by atoms with Crippen LogP contribution >= 0.6 is 0 Å². The molecule has 42 heavy (non-hydrogen) atoms. The Balaban J connectivity index is 1.37. The zero-order valence-corrected chi connectivity index (χ0v) is 23.9. The van der Waals surface area contributed by atoms with E-state index in [0.717, 1.165) is 27.6 Å². The first-order valence-corrected chi connectivity index (χ1v) is 14.3. The number of amides is 3. The number of fused-ring (bicyclic) bond motifs is 3. The van der Waals surface area contributed by atoms with E-state index in [1.807, 2.05) is 92.7 Å². The monoisotopic (exact) mass is 559 g/mol. The van der Waals surface area contributed by atoms with Gasteiger partial charge in [-0.1, -0.05) is 80.6 Å². The number of H-pyrrole nitrogens is 1. The summed E-state index contributed by atoms with van der Waals surface area (Å²) in [6.45, 7) is 4.10. The van der Waals surface area contributed by atoms with E-state index in [1.54, 1.807) is 7.05 Å². The number of likely N-dealkylation sites (N-methyl/N-ethyl adjacent to an activating group) is 1. The van der Waals surface area contributed by atoms with E-state index in [1.165, 1.54) is 9.80 Å². The van der Waals surface area contributed by atoms with Crippen molar-refractivity contribution in [2.75, 3.05) is 18.9 Å². The van der Waals surface area contributed by atoms with Gasteiger partial charge in [0.25, 0.3) is 5.91 Å². The fraction of sp³-hybridized carbons (Fsp3) is 0.294. The van der Waals surface area contributed by atoms with Gasteiger partial charge in [0.05, 0.1) is 11.5 Å². The smallest absolute Gasteiger partial charge is 0.271 e. The predicted octanol–water partition coefficient (Wildman–Crippen LogP) is 5.34. The minimum Gasteiger partial charge on any atom is -0.350 e. The lowest BCUT2D eigenvalue weighted by Gasteiger charge is -2.33. The molecule has 3 amide bonds. The van der Waals surface area contributed by atoms with Gasteiger partial charge in [-0.25, -0.2) is 0 Å². The Morgan fingerprint density at radius 1 is 1.05 bits per heavy atom. The number of anilines is 1. The lowest BCUT2D eigenvalue weighted by molar-refractivity contribution is -0.136. The minimum absolute atomic E-state index is 0.0885. The van der Waals surface area contributed by atoms with E-state index in [9.17, 15) is 19.6 Å². The van der Waals surface area contributed by atoms with Gasteiger partial charge in [-0.05, 0) is 35.6 Å². The van der Waals surface area contributed by atoms with Crippen LogP contribution in [0, 0.1) is 17.2 Å². The molecule has 1 spiro atoms. The third-order valence-corrected chi connectivity index (χ3v) is 8.67. The van der Waals surface area contributed by atoms with Gasteiger partial charge in [0.15, 0.2) is 0 Å². The first-order chi connectivity index (χ1) is 20.2. The minimum atomic E-state index is -0.991. The van der Waals surface area contributed by atoms with E-state index < -0.39 is 17.5 Å². The number of hydrogen-bond acceptors (Lipinski definition) is 4. The molecular weight excluding hydrogens is 526 g/mol. The van der Waals surface area contributed by atoms with Gasteiger partial charge < -0.3 is 20.1 Å². The van der Waals surface area contributed by atoms with Crippen LogP contribution in [0.25, 0.3) is 22.0 Å². The third-order valence-electron chi connectivity index (χ3n) is 8.67. The summed E-state index contributed by atoms with van der Waals surface area (Å²) in [6.07, 6.45) is 0.622. The van der Waals surface area contributed by atoms with Crippen molar-refractivity contribution in [3.63, 3.8) is 0 Å². The molecule has 2 aliphatic heterocycles. The molecule has 4 aromatic rings. The van der Waals surface area contributed by atoms with Crippen LogP contribution in [0.15, 0.2) is 78.9 Å². The SMILES string of the molecule is CC(C)CC(C(=O)N1C[C@]2(C[C@H]1C#N)C(=O)Nc1ccccc12)N(C)C(=O)c1[nH]c2ccccc2c1-c1ccccc1. The second-order valence-corrected chi connectivity index (χ2v) is 11.7. The Kier molecular flexibility index (Phi) is 6.82. The molecular formula is C34H33N5O3. The van der Waals surface area contributed by atoms with Crippen LogP contribution in [0.1, 0.15) is 42.7 Å². The molecule has 1 unspecified atom stereocenters. The zero-order valence-electron chi connectivity index (χ0n) is 23.9. The number of carbonyl (C=O) groups is 3. The first kappa shape index (κ1) is 27.3. The number of nitrogens with zero attached hydrogens (tertiary/aromatic N) is 3. The van der Waals surface area contributed by atoms with Crippen molar-refractivity contribution in [2.24, 2.45) is 5.92 Å². The number of aromatic nitrogens is 1. The van der Waals surface area contributed by atoms with E-state index in [0.29, 0.717) is 17.8 Å². The zero-order chi connectivity index (χ0) is 29.6. The maximum atomic E-state index is 14.4. The highest BCUT2D eigenvalue weighted by atomic mass is 16.2. The Bertz CT molecular complexity index is 1740. The van der Waals surface area contributed by atoms with E-state index in [2.05, 4.69) is 16.4 Å². The molecule has 0 bridgehead atoms. The second-order valence-electron chi connectivity index (χ2n) is 11.7. The number of benzene rings is 3. The van der Waals surface area contributed by atoms with E-state index in [4.69, 9.17) is 0 Å². The molecule has 2 aliphatic rings. The van der Waals surface area contributed by atoms with Crippen LogP contribution in [0.4, 0.5) is 5.69 Å². The largest absolute Gasteiger partial charge is 0.350 e. The van der Waals surface area contributed by atoms with Crippen LogP contribution < -0.4 is 5.32 Å². The number of carbonyl (C=O) groups excluding carboxylic acids is 3. The summed E-state index contributed by atoms with van der Waals surface area (Å²) >= 11 is 0. The van der Waals surface area contributed by atoms with Crippen LogP contribution in [-0.4, -0.2) is 58.2 Å². The summed E-state index contributed by atoms with van der Waals surface area (Å²) < 4.78 is 0. The van der Waals surface area contributed by atoms with Crippen molar-refractivity contribution < 1.29 is 14.4 Å². The highest BCUT2D eigenvalue weighted by molar-refractivity contribution is 6.11. The van der Waals surface area contributed by atoms with Gasteiger partial charge in [-0.2, -0.15) is 5.26 Å². The average Bonchev–Trinajstić information content (AvgIpc) is 3.67. The fourth-order valence-electron chi connectivity index (χ4n) is 6.57. The van der Waals surface area contributed by atoms with Crippen LogP contribution in [0.3, 0.4) is 0 Å². The lowest BCUT2D eigenvalue weighted by atomic mass is 9.80. The fourth-order valence-corrected chi connectivity index (χ4v) is 6.57. The normalized spacial score (nSPS) is 20.0. The number of rotatable bonds is 6. The molecule has 2 N–H and O–H groups in total. The quantitative estimate of drug-likeness (QED) is 0.333. The Hall–Kier alpha value is -4.90. The van der Waals surface area contributed by atoms with Crippen molar-refractivity contribution in [2.45, 2.75) is 44.2 Å². The molecule has 3 atom stereocenters. The summed E-state index contributed by atoms with van der Waals surface area (Å²) in [5, 5.41) is 14.0. The standard InChI is InChI=1S/C34H33N5O3/c1-21(2)17-28(31(40)39-20-34(18-23(39)19-35)25-14-8-10-16-27(25)37-33(34)42)38(3)32(41)30-29(22-11-5-4-6-12-22)24-13-7-9-15-26(24)36-30/h4-16,21,23,28,36H,17-18,20H2,1-3H3,(H,37,42)/t23-,28?,34-/m0/s1. The molecule has 3 heterocycles. The first-order valence-electron chi connectivity index (χ1n) is 14.3. The average molecular weight is 560 g/mol. The maximum Gasteiger partial charge on any atom is 0.271 e. The molecule has 0 radical (unpaired) electrons. The van der Waals surface area contributed by atoms with E-state index >= 15 is 0 Å². The number of nitriles is 1. The van der Waals surface area contributed by atoms with Crippen LogP contribution in [0.5, 0.6) is 0 Å². The summed E-state index contributed by atoms with van der Waals surface area (Å²) in [5.74, 6) is -0.735. The van der Waals surface area contributed by atoms with Gasteiger partial charge in [-0.3, -0.25) is 14.4 Å². The summed E-state index contributed by atoms with van der Waals surface area (Å²) in [5.41, 5.74) is 3.45. The molecule has 8 nitrogen and oxygen atoms in total. The number of aromatic amines is 1. The molecule has 1 fully saturated rings. The number of nitrogens with one attached hydrogen (secondary N) is 2. The van der Waals surface area contributed by atoms with Gasteiger partial charge in [0, 0.05) is 42.2 Å². The van der Waals surface area contributed by atoms with Crippen molar-refractivity contribution in [3.8, 4) is 17.2 Å². The number of para-hydroxylation sites is 2. The number of hydrogen-bond donors (Lipinski definition) is 2. The molecule has 212 valence electrons. The van der Waals surface area contributed by atoms with Gasteiger partial charge in [0.2, 0.25) is 11.8 Å². The van der Waals surface area contributed by atoms with E-state index in [-0.39, 0.29) is 36.6 Å². The molecule has 0 saturated carbocycles. The second kappa shape index (κ2) is 10.5. The summed E-state index contributed by atoms with van der Waals surface area (Å²) in [6, 6.07) is 25.6. The molecule has 1 saturated heterocycles. The highest BCUT2D eigenvalue weighted by Gasteiger charge is 2.56. The topological polar surface area (TPSA) is 109 Å². The molecule has 3 aromatic carbocycles.